The van der Waals surface area contributed by atoms with Crippen molar-refractivity contribution in [1.82, 2.24) is 0 Å². The van der Waals surface area contributed by atoms with Crippen molar-refractivity contribution in [2.75, 3.05) is 0 Å². The van der Waals surface area contributed by atoms with Crippen LogP contribution in [-0.4, -0.2) is 6.21 Å². The summed E-state index contributed by atoms with van der Waals surface area (Å²) < 4.78 is 0. The Kier molecular flexibility index (Phi) is 3.92. The fourth-order valence-corrected chi connectivity index (χ4v) is 1.47. The third-order valence-electron chi connectivity index (χ3n) is 2.25. The van der Waals surface area contributed by atoms with E-state index in [0.29, 0.717) is 0 Å². The van der Waals surface area contributed by atoms with E-state index >= 15 is 0 Å². The quantitative estimate of drug-likeness (QED) is 0.701. The Morgan fingerprint density at radius 3 is 2.71 bits per heavy atom. The first-order valence-corrected chi connectivity index (χ1v) is 4.75. The number of nitrogens with one attached hydrogen (secondary N) is 1. The lowest BCUT2D eigenvalue weighted by atomic mass is 9.98. The van der Waals surface area contributed by atoms with Crippen LogP contribution in [0, 0.1) is 12.3 Å². The summed E-state index contributed by atoms with van der Waals surface area (Å²) in [5, 5.41) is 6.99. The molecule has 2 heteroatoms. The highest BCUT2D eigenvalue weighted by molar-refractivity contribution is 5.70. The van der Waals surface area contributed by atoms with Crippen LogP contribution in [0.2, 0.25) is 0 Å². The maximum Gasteiger partial charge on any atom is -0.00235 e. The summed E-state index contributed by atoms with van der Waals surface area (Å²) >= 11 is 0. The topological polar surface area (TPSA) is 49.9 Å². The van der Waals surface area contributed by atoms with Gasteiger partial charge in [-0.25, -0.2) is 0 Å². The molecule has 0 heterocycles. The number of hydrogen-bond donors (Lipinski definition) is 2. The van der Waals surface area contributed by atoms with Gasteiger partial charge in [-0.05, 0) is 48.9 Å². The Labute approximate surface area is 85.0 Å². The smallest absolute Gasteiger partial charge is 0.00235 e. The molecule has 0 fully saturated rings. The number of hydrogen-bond acceptors (Lipinski definition) is 2. The van der Waals surface area contributed by atoms with E-state index in [4.69, 9.17) is 11.1 Å². The molecule has 0 aromatic heterocycles. The van der Waals surface area contributed by atoms with E-state index < -0.39 is 0 Å². The normalized spacial score (nSPS) is 11.4. The van der Waals surface area contributed by atoms with E-state index in [9.17, 15) is 0 Å². The Morgan fingerprint density at radius 2 is 2.14 bits per heavy atom. The third kappa shape index (κ3) is 2.46. The van der Waals surface area contributed by atoms with Crippen LogP contribution in [0.4, 0.5) is 0 Å². The predicted molar refractivity (Wildman–Crippen MR) is 61.4 cm³/mol. The molecule has 1 aromatic rings. The van der Waals surface area contributed by atoms with Gasteiger partial charge in [-0.1, -0.05) is 24.3 Å². The van der Waals surface area contributed by atoms with E-state index in [1.54, 1.807) is 6.20 Å². The average Bonchev–Trinajstić information content (AvgIpc) is 2.21. The van der Waals surface area contributed by atoms with Crippen LogP contribution in [0.5, 0.6) is 0 Å². The van der Waals surface area contributed by atoms with Crippen molar-refractivity contribution in [3.63, 3.8) is 0 Å². The van der Waals surface area contributed by atoms with Gasteiger partial charge < -0.3 is 11.1 Å². The van der Waals surface area contributed by atoms with Crippen LogP contribution in [0.1, 0.15) is 24.0 Å². The highest BCUT2D eigenvalue weighted by Gasteiger charge is 2.02. The second-order valence-corrected chi connectivity index (χ2v) is 3.25. The molecule has 3 N–H and O–H groups in total. The summed E-state index contributed by atoms with van der Waals surface area (Å²) in [6.45, 7) is 2.07. The minimum absolute atomic E-state index is 0.747. The molecule has 14 heavy (non-hydrogen) atoms. The maximum atomic E-state index is 6.99. The van der Waals surface area contributed by atoms with Crippen LogP contribution in [0.15, 0.2) is 30.5 Å². The first-order chi connectivity index (χ1) is 6.79. The zero-order valence-corrected chi connectivity index (χ0v) is 8.46. The van der Waals surface area contributed by atoms with Gasteiger partial charge in [-0.2, -0.15) is 0 Å². The van der Waals surface area contributed by atoms with E-state index in [1.807, 2.05) is 12.1 Å². The van der Waals surface area contributed by atoms with Gasteiger partial charge in [0.05, 0.1) is 0 Å². The van der Waals surface area contributed by atoms with Gasteiger partial charge in [0.1, 0.15) is 0 Å². The van der Waals surface area contributed by atoms with Gasteiger partial charge in [0.15, 0.2) is 0 Å². The molecular weight excluding hydrogens is 172 g/mol. The first kappa shape index (κ1) is 10.5. The lowest BCUT2D eigenvalue weighted by Crippen LogP contribution is -1.93. The Balaban J connectivity index is 2.90. The van der Waals surface area contributed by atoms with Gasteiger partial charge in [0.25, 0.3) is 0 Å². The second kappa shape index (κ2) is 5.22. The average molecular weight is 188 g/mol. The summed E-state index contributed by atoms with van der Waals surface area (Å²) in [6.07, 6.45) is 4.65. The molecule has 0 saturated carbocycles. The van der Waals surface area contributed by atoms with Gasteiger partial charge in [-0.15, -0.1) is 0 Å². The number of benzene rings is 1. The third-order valence-corrected chi connectivity index (χ3v) is 2.25. The van der Waals surface area contributed by atoms with Gasteiger partial charge in [0, 0.05) is 0 Å². The lowest BCUT2D eigenvalue weighted by molar-refractivity contribution is 1.11. The maximum absolute atomic E-state index is 6.99. The van der Waals surface area contributed by atoms with Gasteiger partial charge >= 0.3 is 0 Å². The Morgan fingerprint density at radius 1 is 1.43 bits per heavy atom. The molecule has 74 valence electrons. The molecule has 0 unspecified atom stereocenters. The summed E-state index contributed by atoms with van der Waals surface area (Å²) in [5.74, 6) is 0. The fraction of sp³-hybridized carbons (Fsp3) is 0.250. The number of allylic oxidation sites excluding steroid dienone is 1. The standard InChI is InChI=1S/C12H16N2/c1-10-5-2-3-7-12(10)11(9-14)6-4-8-13/h2-3,5,7-9,13H,4,6,14H2,1H3/b11-9-,13-8?. The van der Waals surface area contributed by atoms with Crippen molar-refractivity contribution in [1.29, 1.82) is 5.41 Å². The Hall–Kier alpha value is -1.57. The number of aryl methyl sites for hydroxylation is 1. The molecular formula is C12H16N2. The summed E-state index contributed by atoms with van der Waals surface area (Å²) in [5.41, 5.74) is 9.12. The van der Waals surface area contributed by atoms with Crippen LogP contribution >= 0.6 is 0 Å². The molecule has 0 saturated heterocycles. The van der Waals surface area contributed by atoms with Crippen LogP contribution in [0.25, 0.3) is 5.57 Å². The highest BCUT2D eigenvalue weighted by atomic mass is 14.5. The van der Waals surface area contributed by atoms with Crippen molar-refractivity contribution in [2.24, 2.45) is 5.73 Å². The van der Waals surface area contributed by atoms with E-state index in [-0.39, 0.29) is 0 Å². The van der Waals surface area contributed by atoms with Crippen LogP contribution < -0.4 is 5.73 Å². The zero-order chi connectivity index (χ0) is 10.4. The first-order valence-electron chi connectivity index (χ1n) is 4.75. The molecule has 0 aliphatic heterocycles. The molecule has 1 aromatic carbocycles. The van der Waals surface area contributed by atoms with E-state index in [0.717, 1.165) is 18.4 Å². The Bertz CT molecular complexity index is 340. The molecule has 0 spiro atoms. The molecule has 0 amide bonds. The molecule has 0 bridgehead atoms. The highest BCUT2D eigenvalue weighted by Crippen LogP contribution is 2.21. The summed E-state index contributed by atoms with van der Waals surface area (Å²) in [6, 6.07) is 8.17. The van der Waals surface area contributed by atoms with Crippen LogP contribution in [0.3, 0.4) is 0 Å². The zero-order valence-electron chi connectivity index (χ0n) is 8.46. The second-order valence-electron chi connectivity index (χ2n) is 3.25. The van der Waals surface area contributed by atoms with Crippen LogP contribution in [-0.2, 0) is 0 Å². The number of rotatable bonds is 4. The monoisotopic (exact) mass is 188 g/mol. The van der Waals surface area contributed by atoms with Gasteiger partial charge in [0.2, 0.25) is 0 Å². The minimum Gasteiger partial charge on any atom is -0.404 e. The van der Waals surface area contributed by atoms with Crippen molar-refractivity contribution >= 4 is 11.8 Å². The van der Waals surface area contributed by atoms with Crippen molar-refractivity contribution < 1.29 is 0 Å². The largest absolute Gasteiger partial charge is 0.404 e. The van der Waals surface area contributed by atoms with E-state index in [1.165, 1.54) is 17.3 Å². The molecule has 0 radical (unpaired) electrons. The summed E-state index contributed by atoms with van der Waals surface area (Å²) in [7, 11) is 0. The summed E-state index contributed by atoms with van der Waals surface area (Å²) in [4.78, 5) is 0. The predicted octanol–water partition coefficient (Wildman–Crippen LogP) is 2.72. The lowest BCUT2D eigenvalue weighted by Gasteiger charge is -2.08. The molecule has 0 aliphatic rings. The molecule has 0 atom stereocenters. The van der Waals surface area contributed by atoms with E-state index in [2.05, 4.69) is 19.1 Å². The van der Waals surface area contributed by atoms with Crippen molar-refractivity contribution in [3.8, 4) is 0 Å². The molecule has 2 nitrogen and oxygen atoms in total. The minimum atomic E-state index is 0.747. The molecule has 0 aliphatic carbocycles. The number of nitrogens with two attached hydrogens (primary N) is 1. The van der Waals surface area contributed by atoms with Crippen molar-refractivity contribution in [2.45, 2.75) is 19.8 Å². The fourth-order valence-electron chi connectivity index (χ4n) is 1.47. The molecule has 1 rings (SSSR count). The van der Waals surface area contributed by atoms with Crippen molar-refractivity contribution in [3.05, 3.63) is 41.6 Å². The van der Waals surface area contributed by atoms with Gasteiger partial charge in [-0.3, -0.25) is 0 Å². The SMILES string of the molecule is Cc1ccccc1/C(=C\N)CCC=N.